The molecule has 0 aliphatic carbocycles. The van der Waals surface area contributed by atoms with Gasteiger partial charge in [-0.15, -0.1) is 0 Å². The molecule has 92 valence electrons. The van der Waals surface area contributed by atoms with Gasteiger partial charge in [0.25, 0.3) is 0 Å². The first kappa shape index (κ1) is 12.1. The quantitative estimate of drug-likeness (QED) is 0.899. The van der Waals surface area contributed by atoms with Crippen molar-refractivity contribution in [3.05, 3.63) is 24.1 Å². The van der Waals surface area contributed by atoms with Crippen molar-refractivity contribution in [2.45, 2.75) is 24.8 Å². The van der Waals surface area contributed by atoms with Crippen molar-refractivity contribution in [1.29, 1.82) is 0 Å². The second-order valence-electron chi connectivity index (χ2n) is 3.87. The Hall–Kier alpha value is -1.40. The third-order valence-electron chi connectivity index (χ3n) is 2.50. The van der Waals surface area contributed by atoms with Gasteiger partial charge in [0.1, 0.15) is 5.52 Å². The van der Waals surface area contributed by atoms with Crippen LogP contribution in [0.2, 0.25) is 0 Å². The summed E-state index contributed by atoms with van der Waals surface area (Å²) in [7, 11) is -3.21. The zero-order valence-electron chi connectivity index (χ0n) is 9.67. The van der Waals surface area contributed by atoms with E-state index in [4.69, 9.17) is 10.2 Å². The zero-order chi connectivity index (χ0) is 12.6. The Bertz CT molecular complexity index is 644. The lowest BCUT2D eigenvalue weighted by Crippen LogP contribution is -2.04. The number of rotatable bonds is 3. The highest BCUT2D eigenvalue weighted by Gasteiger charge is 2.15. The van der Waals surface area contributed by atoms with Gasteiger partial charge in [-0.1, -0.05) is 6.92 Å². The molecule has 0 fully saturated rings. The van der Waals surface area contributed by atoms with E-state index in [1.807, 2.05) is 0 Å². The van der Waals surface area contributed by atoms with Crippen LogP contribution in [0.5, 0.6) is 0 Å². The molecule has 1 aromatic carbocycles. The zero-order valence-corrected chi connectivity index (χ0v) is 10.5. The van der Waals surface area contributed by atoms with E-state index < -0.39 is 9.84 Å². The summed E-state index contributed by atoms with van der Waals surface area (Å²) in [4.78, 5) is 4.43. The number of sulfone groups is 1. The third kappa shape index (κ3) is 2.18. The molecule has 0 radical (unpaired) electrons. The van der Waals surface area contributed by atoms with Crippen molar-refractivity contribution >= 4 is 20.9 Å². The van der Waals surface area contributed by atoms with Crippen LogP contribution >= 0.6 is 0 Å². The van der Waals surface area contributed by atoms with E-state index in [1.165, 1.54) is 12.1 Å². The van der Waals surface area contributed by atoms with E-state index in [9.17, 15) is 8.42 Å². The molecule has 2 N–H and O–H groups in total. The maximum absolute atomic E-state index is 11.7. The first-order valence-electron chi connectivity index (χ1n) is 5.33. The molecule has 0 saturated heterocycles. The number of nitrogens with two attached hydrogens (primary N) is 1. The molecule has 1 aromatic heterocycles. The highest BCUT2D eigenvalue weighted by molar-refractivity contribution is 7.91. The van der Waals surface area contributed by atoms with Gasteiger partial charge in [-0.2, -0.15) is 0 Å². The first-order chi connectivity index (χ1) is 7.94. The van der Waals surface area contributed by atoms with Gasteiger partial charge in [0.15, 0.2) is 15.4 Å². The monoisotopic (exact) mass is 254 g/mol. The SMILES string of the molecule is CCS(=O)(=O)c1ccc2oc([C@@H](C)N)nc2c1. The minimum absolute atomic E-state index is 0.0660. The summed E-state index contributed by atoms with van der Waals surface area (Å²) in [6.07, 6.45) is 0. The summed E-state index contributed by atoms with van der Waals surface area (Å²) in [5.74, 6) is 0.474. The normalized spacial score (nSPS) is 14.1. The summed E-state index contributed by atoms with van der Waals surface area (Å²) in [6.45, 7) is 3.37. The van der Waals surface area contributed by atoms with E-state index in [-0.39, 0.29) is 16.7 Å². The van der Waals surface area contributed by atoms with Gasteiger partial charge in [-0.3, -0.25) is 0 Å². The van der Waals surface area contributed by atoms with Gasteiger partial charge in [0, 0.05) is 0 Å². The number of nitrogens with zero attached hydrogens (tertiary/aromatic N) is 1. The molecular weight excluding hydrogens is 240 g/mol. The maximum atomic E-state index is 11.7. The average molecular weight is 254 g/mol. The summed E-state index contributed by atoms with van der Waals surface area (Å²) < 4.78 is 28.8. The van der Waals surface area contributed by atoms with Crippen molar-refractivity contribution in [2.75, 3.05) is 5.75 Å². The van der Waals surface area contributed by atoms with Crippen molar-refractivity contribution in [2.24, 2.45) is 5.73 Å². The van der Waals surface area contributed by atoms with Crippen LogP contribution < -0.4 is 5.73 Å². The molecule has 0 saturated carbocycles. The molecular formula is C11H14N2O3S. The fourth-order valence-electron chi connectivity index (χ4n) is 1.48. The summed E-state index contributed by atoms with van der Waals surface area (Å²) in [5, 5.41) is 0. The molecule has 6 heteroatoms. The molecule has 5 nitrogen and oxygen atoms in total. The van der Waals surface area contributed by atoms with E-state index in [1.54, 1.807) is 19.9 Å². The Morgan fingerprint density at radius 2 is 2.18 bits per heavy atom. The number of hydrogen-bond acceptors (Lipinski definition) is 5. The number of fused-ring (bicyclic) bond motifs is 1. The molecule has 0 bridgehead atoms. The molecule has 0 amide bonds. The highest BCUT2D eigenvalue weighted by Crippen LogP contribution is 2.22. The predicted molar refractivity (Wildman–Crippen MR) is 64.3 cm³/mol. The number of aromatic nitrogens is 1. The van der Waals surface area contributed by atoms with Gasteiger partial charge < -0.3 is 10.2 Å². The van der Waals surface area contributed by atoms with Crippen molar-refractivity contribution in [3.63, 3.8) is 0 Å². The standard InChI is InChI=1S/C11H14N2O3S/c1-3-17(14,15)8-4-5-10-9(6-8)13-11(16-10)7(2)12/h4-7H,3,12H2,1-2H3/t7-/m1/s1. The summed E-state index contributed by atoms with van der Waals surface area (Å²) in [6, 6.07) is 4.34. The molecule has 1 heterocycles. The lowest BCUT2D eigenvalue weighted by molar-refractivity contribution is 0.492. The van der Waals surface area contributed by atoms with Gasteiger partial charge in [0.2, 0.25) is 5.89 Å². The van der Waals surface area contributed by atoms with Gasteiger partial charge >= 0.3 is 0 Å². The number of oxazole rings is 1. The van der Waals surface area contributed by atoms with Crippen LogP contribution in [0, 0.1) is 0 Å². The van der Waals surface area contributed by atoms with Crippen molar-refractivity contribution in [3.8, 4) is 0 Å². The minimum Gasteiger partial charge on any atom is -0.439 e. The molecule has 1 atom stereocenters. The first-order valence-corrected chi connectivity index (χ1v) is 6.98. The fraction of sp³-hybridized carbons (Fsp3) is 0.364. The van der Waals surface area contributed by atoms with Crippen molar-refractivity contribution in [1.82, 2.24) is 4.98 Å². The van der Waals surface area contributed by atoms with E-state index in [0.29, 0.717) is 17.0 Å². The van der Waals surface area contributed by atoms with Gasteiger partial charge in [0.05, 0.1) is 16.7 Å². The highest BCUT2D eigenvalue weighted by atomic mass is 32.2. The van der Waals surface area contributed by atoms with Crippen LogP contribution in [0.15, 0.2) is 27.5 Å². The number of hydrogen-bond donors (Lipinski definition) is 1. The Balaban J connectivity index is 2.58. The topological polar surface area (TPSA) is 86.2 Å². The largest absolute Gasteiger partial charge is 0.439 e. The average Bonchev–Trinajstić information content (AvgIpc) is 2.71. The van der Waals surface area contributed by atoms with Crippen molar-refractivity contribution < 1.29 is 12.8 Å². The van der Waals surface area contributed by atoms with Gasteiger partial charge in [-0.05, 0) is 25.1 Å². The molecule has 2 aromatic rings. The maximum Gasteiger partial charge on any atom is 0.212 e. The Labute approximate surface area is 99.6 Å². The van der Waals surface area contributed by atoms with E-state index in [0.717, 1.165) is 0 Å². The second-order valence-corrected chi connectivity index (χ2v) is 6.15. The minimum atomic E-state index is -3.21. The lowest BCUT2D eigenvalue weighted by Gasteiger charge is -1.99. The Morgan fingerprint density at radius 3 is 2.76 bits per heavy atom. The van der Waals surface area contributed by atoms with Crippen LogP contribution in [0.1, 0.15) is 25.8 Å². The summed E-state index contributed by atoms with van der Waals surface area (Å²) in [5.41, 5.74) is 6.72. The predicted octanol–water partition coefficient (Wildman–Crippen LogP) is 1.64. The molecule has 0 unspecified atom stereocenters. The summed E-state index contributed by atoms with van der Waals surface area (Å²) >= 11 is 0. The Morgan fingerprint density at radius 1 is 1.47 bits per heavy atom. The third-order valence-corrected chi connectivity index (χ3v) is 4.24. The molecule has 2 rings (SSSR count). The number of benzene rings is 1. The molecule has 0 aliphatic heterocycles. The fourth-order valence-corrected chi connectivity index (χ4v) is 2.38. The van der Waals surface area contributed by atoms with Crippen LogP contribution in [-0.4, -0.2) is 19.2 Å². The van der Waals surface area contributed by atoms with Crippen LogP contribution in [0.3, 0.4) is 0 Å². The molecule has 0 spiro atoms. The van der Waals surface area contributed by atoms with E-state index >= 15 is 0 Å². The lowest BCUT2D eigenvalue weighted by atomic mass is 10.3. The van der Waals surface area contributed by atoms with Crippen LogP contribution in [-0.2, 0) is 9.84 Å². The Kier molecular flexibility index (Phi) is 2.92. The smallest absolute Gasteiger partial charge is 0.212 e. The van der Waals surface area contributed by atoms with Crippen LogP contribution in [0.25, 0.3) is 11.1 Å². The second kappa shape index (κ2) is 4.12. The van der Waals surface area contributed by atoms with E-state index in [2.05, 4.69) is 4.98 Å². The molecule has 17 heavy (non-hydrogen) atoms. The molecule has 0 aliphatic rings. The van der Waals surface area contributed by atoms with Crippen LogP contribution in [0.4, 0.5) is 0 Å². The van der Waals surface area contributed by atoms with Gasteiger partial charge in [-0.25, -0.2) is 13.4 Å².